The van der Waals surface area contributed by atoms with Gasteiger partial charge in [0.2, 0.25) is 5.95 Å². The second-order valence-corrected chi connectivity index (χ2v) is 4.94. The zero-order valence-electron chi connectivity index (χ0n) is 10.6. The first-order chi connectivity index (χ1) is 8.31. The monoisotopic (exact) mass is 232 g/mol. The number of hydrogen-bond donors (Lipinski definition) is 1. The molecule has 4 heteroatoms. The average Bonchev–Trinajstić information content (AvgIpc) is 2.73. The molecule has 1 aromatic rings. The molecule has 0 saturated carbocycles. The van der Waals surface area contributed by atoms with Gasteiger partial charge in [0.15, 0.2) is 0 Å². The lowest BCUT2D eigenvalue weighted by Gasteiger charge is -2.25. The van der Waals surface area contributed by atoms with E-state index in [1.54, 1.807) is 0 Å². The quantitative estimate of drug-likeness (QED) is 0.860. The van der Waals surface area contributed by atoms with E-state index < -0.39 is 0 Å². The first-order valence-electron chi connectivity index (χ1n) is 6.68. The normalized spacial score (nSPS) is 25.8. The van der Waals surface area contributed by atoms with E-state index in [2.05, 4.69) is 29.0 Å². The van der Waals surface area contributed by atoms with Crippen LogP contribution in [0.4, 0.5) is 5.95 Å². The molecular weight excluding hydrogens is 212 g/mol. The SMILES string of the molecule is CCN(CC)c1ncc2c(n1)C[C@H]1CC[C@H]2N1. The van der Waals surface area contributed by atoms with Gasteiger partial charge in [0.25, 0.3) is 0 Å². The van der Waals surface area contributed by atoms with Crippen molar-refractivity contribution in [1.29, 1.82) is 0 Å². The Morgan fingerprint density at radius 3 is 2.94 bits per heavy atom. The molecule has 0 radical (unpaired) electrons. The molecule has 2 bridgehead atoms. The molecule has 0 amide bonds. The molecule has 4 nitrogen and oxygen atoms in total. The smallest absolute Gasteiger partial charge is 0.225 e. The van der Waals surface area contributed by atoms with E-state index in [0.29, 0.717) is 12.1 Å². The van der Waals surface area contributed by atoms with Gasteiger partial charge < -0.3 is 10.2 Å². The third-order valence-electron chi connectivity index (χ3n) is 3.99. The highest BCUT2D eigenvalue weighted by Gasteiger charge is 2.33. The fourth-order valence-corrected chi connectivity index (χ4v) is 2.99. The Morgan fingerprint density at radius 1 is 1.35 bits per heavy atom. The number of rotatable bonds is 3. The van der Waals surface area contributed by atoms with Crippen molar-refractivity contribution < 1.29 is 0 Å². The van der Waals surface area contributed by atoms with E-state index in [1.807, 2.05) is 6.20 Å². The summed E-state index contributed by atoms with van der Waals surface area (Å²) < 4.78 is 0. The summed E-state index contributed by atoms with van der Waals surface area (Å²) in [5.41, 5.74) is 2.60. The van der Waals surface area contributed by atoms with Crippen LogP contribution in [0.5, 0.6) is 0 Å². The minimum Gasteiger partial charge on any atom is -0.341 e. The van der Waals surface area contributed by atoms with Gasteiger partial charge in [-0.15, -0.1) is 0 Å². The highest BCUT2D eigenvalue weighted by atomic mass is 15.2. The zero-order chi connectivity index (χ0) is 11.8. The average molecular weight is 232 g/mol. The summed E-state index contributed by atoms with van der Waals surface area (Å²) in [4.78, 5) is 11.5. The van der Waals surface area contributed by atoms with Gasteiger partial charge in [-0.3, -0.25) is 0 Å². The molecule has 1 fully saturated rings. The second-order valence-electron chi connectivity index (χ2n) is 4.94. The maximum Gasteiger partial charge on any atom is 0.225 e. The van der Waals surface area contributed by atoms with E-state index in [4.69, 9.17) is 4.98 Å². The molecule has 92 valence electrons. The van der Waals surface area contributed by atoms with E-state index >= 15 is 0 Å². The van der Waals surface area contributed by atoms with E-state index in [0.717, 1.165) is 25.5 Å². The molecule has 0 spiro atoms. The van der Waals surface area contributed by atoms with Gasteiger partial charge in [-0.25, -0.2) is 9.97 Å². The Hall–Kier alpha value is -1.16. The molecule has 1 saturated heterocycles. The third kappa shape index (κ3) is 1.80. The number of nitrogens with zero attached hydrogens (tertiary/aromatic N) is 3. The highest BCUT2D eigenvalue weighted by molar-refractivity contribution is 5.36. The van der Waals surface area contributed by atoms with Gasteiger partial charge in [-0.1, -0.05) is 0 Å². The lowest BCUT2D eigenvalue weighted by molar-refractivity contribution is 0.503. The summed E-state index contributed by atoms with van der Waals surface area (Å²) in [6.45, 7) is 6.25. The minimum absolute atomic E-state index is 0.509. The van der Waals surface area contributed by atoms with Gasteiger partial charge in [-0.2, -0.15) is 0 Å². The van der Waals surface area contributed by atoms with Crippen molar-refractivity contribution >= 4 is 5.95 Å². The van der Waals surface area contributed by atoms with Crippen LogP contribution in [0.25, 0.3) is 0 Å². The molecule has 17 heavy (non-hydrogen) atoms. The van der Waals surface area contributed by atoms with Crippen LogP contribution in [0.3, 0.4) is 0 Å². The highest BCUT2D eigenvalue weighted by Crippen LogP contribution is 2.34. The molecule has 0 aliphatic carbocycles. The van der Waals surface area contributed by atoms with Gasteiger partial charge in [0, 0.05) is 43.4 Å². The number of fused-ring (bicyclic) bond motifs is 4. The molecule has 1 N–H and O–H groups in total. The van der Waals surface area contributed by atoms with Crippen molar-refractivity contribution in [3.05, 3.63) is 17.5 Å². The van der Waals surface area contributed by atoms with E-state index in [9.17, 15) is 0 Å². The Labute approximate surface area is 102 Å². The summed E-state index contributed by atoms with van der Waals surface area (Å²) in [6.07, 6.45) is 5.63. The summed E-state index contributed by atoms with van der Waals surface area (Å²) >= 11 is 0. The van der Waals surface area contributed by atoms with Crippen LogP contribution in [-0.2, 0) is 6.42 Å². The van der Waals surface area contributed by atoms with Crippen LogP contribution in [0.15, 0.2) is 6.20 Å². The molecule has 0 unspecified atom stereocenters. The molecule has 3 heterocycles. The van der Waals surface area contributed by atoms with Crippen molar-refractivity contribution in [2.24, 2.45) is 0 Å². The molecule has 2 aliphatic heterocycles. The zero-order valence-corrected chi connectivity index (χ0v) is 10.6. The van der Waals surface area contributed by atoms with Crippen LogP contribution in [0.2, 0.25) is 0 Å². The number of hydrogen-bond acceptors (Lipinski definition) is 4. The van der Waals surface area contributed by atoms with E-state index in [-0.39, 0.29) is 0 Å². The topological polar surface area (TPSA) is 41.1 Å². The van der Waals surface area contributed by atoms with Crippen molar-refractivity contribution in [3.8, 4) is 0 Å². The molecule has 1 aromatic heterocycles. The summed E-state index contributed by atoms with van der Waals surface area (Å²) in [7, 11) is 0. The molecule has 2 atom stereocenters. The standard InChI is InChI=1S/C13H20N4/c1-3-17(4-2)13-14-8-10-11-6-5-9(15-11)7-12(10)16-13/h8-9,11,15H,3-7H2,1-2H3/t9-,11-/m1/s1. The van der Waals surface area contributed by atoms with Crippen LogP contribution in [-0.4, -0.2) is 29.1 Å². The van der Waals surface area contributed by atoms with Gasteiger partial charge in [0.05, 0.1) is 5.69 Å². The number of aromatic nitrogens is 2. The maximum atomic E-state index is 4.77. The largest absolute Gasteiger partial charge is 0.341 e. The van der Waals surface area contributed by atoms with Crippen LogP contribution >= 0.6 is 0 Å². The molecule has 3 rings (SSSR count). The summed E-state index contributed by atoms with van der Waals surface area (Å²) in [6, 6.07) is 1.15. The summed E-state index contributed by atoms with van der Waals surface area (Å²) in [5, 5.41) is 3.63. The lowest BCUT2D eigenvalue weighted by Crippen LogP contribution is -2.33. The Morgan fingerprint density at radius 2 is 2.18 bits per heavy atom. The fourth-order valence-electron chi connectivity index (χ4n) is 2.99. The van der Waals surface area contributed by atoms with Gasteiger partial charge >= 0.3 is 0 Å². The molecule has 2 aliphatic rings. The predicted molar refractivity (Wildman–Crippen MR) is 68.2 cm³/mol. The molecule has 0 aromatic carbocycles. The van der Waals surface area contributed by atoms with Crippen LogP contribution in [0, 0.1) is 0 Å². The Bertz CT molecular complexity index is 414. The minimum atomic E-state index is 0.509. The van der Waals surface area contributed by atoms with Crippen molar-refractivity contribution in [3.63, 3.8) is 0 Å². The van der Waals surface area contributed by atoms with Crippen molar-refractivity contribution in [1.82, 2.24) is 15.3 Å². The fraction of sp³-hybridized carbons (Fsp3) is 0.692. The first-order valence-corrected chi connectivity index (χ1v) is 6.68. The first kappa shape index (κ1) is 11.0. The second kappa shape index (κ2) is 4.26. The van der Waals surface area contributed by atoms with Gasteiger partial charge in [0.1, 0.15) is 0 Å². The van der Waals surface area contributed by atoms with Crippen molar-refractivity contribution in [2.75, 3.05) is 18.0 Å². The number of nitrogens with one attached hydrogen (secondary N) is 1. The Balaban J connectivity index is 1.94. The predicted octanol–water partition coefficient (Wildman–Crippen LogP) is 1.67. The van der Waals surface area contributed by atoms with Crippen LogP contribution < -0.4 is 10.2 Å². The van der Waals surface area contributed by atoms with E-state index in [1.165, 1.54) is 24.1 Å². The third-order valence-corrected chi connectivity index (χ3v) is 3.99. The lowest BCUT2D eigenvalue weighted by atomic mass is 10.0. The van der Waals surface area contributed by atoms with Crippen LogP contribution in [0.1, 0.15) is 44.0 Å². The Kier molecular flexibility index (Phi) is 2.74. The number of anilines is 1. The maximum absolute atomic E-state index is 4.77. The van der Waals surface area contributed by atoms with Crippen molar-refractivity contribution in [2.45, 2.75) is 45.2 Å². The van der Waals surface area contributed by atoms with Gasteiger partial charge in [-0.05, 0) is 26.7 Å². The summed E-state index contributed by atoms with van der Waals surface area (Å²) in [5.74, 6) is 0.898. The molecular formula is C13H20N4.